The molecule has 0 N–H and O–H groups in total. The van der Waals surface area contributed by atoms with Gasteiger partial charge in [-0.2, -0.15) is 8.78 Å². The summed E-state index contributed by atoms with van der Waals surface area (Å²) in [6.07, 6.45) is 0.267. The number of methoxy groups -OCH3 is 1. The van der Waals surface area contributed by atoms with Gasteiger partial charge in [0.25, 0.3) is 0 Å². The van der Waals surface area contributed by atoms with E-state index in [2.05, 4.69) is 9.47 Å². The van der Waals surface area contributed by atoms with Crippen molar-refractivity contribution in [2.45, 2.75) is 18.4 Å². The lowest BCUT2D eigenvalue weighted by atomic mass is 10.1. The van der Waals surface area contributed by atoms with Crippen LogP contribution in [0.3, 0.4) is 0 Å². The summed E-state index contributed by atoms with van der Waals surface area (Å²) in [5.74, 6) is -0.465. The van der Waals surface area contributed by atoms with E-state index >= 15 is 0 Å². The molecule has 0 spiro atoms. The van der Waals surface area contributed by atoms with Gasteiger partial charge in [0.1, 0.15) is 11.1 Å². The first-order chi connectivity index (χ1) is 8.02. The van der Waals surface area contributed by atoms with Crippen LogP contribution in [0, 0.1) is 0 Å². The molecule has 17 heavy (non-hydrogen) atoms. The fraction of sp³-hybridized carbons (Fsp3) is 0.364. The van der Waals surface area contributed by atoms with Gasteiger partial charge in [0.05, 0.1) is 7.11 Å². The van der Waals surface area contributed by atoms with Crippen LogP contribution < -0.4 is 4.74 Å². The molecule has 1 unspecified atom stereocenters. The first-order valence-corrected chi connectivity index (χ1v) is 5.22. The Morgan fingerprint density at radius 1 is 1.35 bits per heavy atom. The molecule has 94 valence electrons. The van der Waals surface area contributed by atoms with Crippen molar-refractivity contribution < 1.29 is 23.0 Å². The fourth-order valence-electron chi connectivity index (χ4n) is 1.23. The Kier molecular flexibility index (Phi) is 5.15. The Balaban J connectivity index is 2.59. The molecule has 0 saturated heterocycles. The molecule has 1 atom stereocenters. The molecule has 1 aromatic rings. The standard InChI is InChI=1S/C11H11ClF2O3/c1-16-10(15)9(12)6-7-2-4-8(5-3-7)17-11(13)14/h2-5,9,11H,6H2,1H3. The third-order valence-corrected chi connectivity index (χ3v) is 2.35. The number of ether oxygens (including phenoxy) is 2. The van der Waals surface area contributed by atoms with Gasteiger partial charge in [0, 0.05) is 0 Å². The third kappa shape index (κ3) is 4.56. The van der Waals surface area contributed by atoms with Crippen LogP contribution in [0.25, 0.3) is 0 Å². The van der Waals surface area contributed by atoms with Crippen molar-refractivity contribution in [1.82, 2.24) is 0 Å². The molecule has 6 heteroatoms. The van der Waals surface area contributed by atoms with E-state index in [0.717, 1.165) is 5.56 Å². The maximum Gasteiger partial charge on any atom is 0.387 e. The van der Waals surface area contributed by atoms with Gasteiger partial charge in [0.2, 0.25) is 0 Å². The second kappa shape index (κ2) is 6.39. The quantitative estimate of drug-likeness (QED) is 0.606. The van der Waals surface area contributed by atoms with Gasteiger partial charge >= 0.3 is 12.6 Å². The topological polar surface area (TPSA) is 35.5 Å². The van der Waals surface area contributed by atoms with E-state index in [4.69, 9.17) is 11.6 Å². The lowest BCUT2D eigenvalue weighted by molar-refractivity contribution is -0.140. The van der Waals surface area contributed by atoms with E-state index in [1.807, 2.05) is 0 Å². The highest BCUT2D eigenvalue weighted by Crippen LogP contribution is 2.17. The number of esters is 1. The minimum Gasteiger partial charge on any atom is -0.468 e. The average molecular weight is 265 g/mol. The van der Waals surface area contributed by atoms with Crippen molar-refractivity contribution in [3.8, 4) is 5.75 Å². The smallest absolute Gasteiger partial charge is 0.387 e. The predicted molar refractivity (Wildman–Crippen MR) is 58.4 cm³/mol. The number of carbonyl (C=O) groups is 1. The van der Waals surface area contributed by atoms with Crippen LogP contribution in [-0.4, -0.2) is 25.1 Å². The van der Waals surface area contributed by atoms with Gasteiger partial charge in [-0.25, -0.2) is 0 Å². The molecular weight excluding hydrogens is 254 g/mol. The van der Waals surface area contributed by atoms with E-state index in [0.29, 0.717) is 0 Å². The Morgan fingerprint density at radius 2 is 1.94 bits per heavy atom. The molecule has 0 aliphatic heterocycles. The zero-order valence-corrected chi connectivity index (χ0v) is 9.79. The number of alkyl halides is 3. The van der Waals surface area contributed by atoms with Gasteiger partial charge in [0.15, 0.2) is 0 Å². The summed E-state index contributed by atoms with van der Waals surface area (Å²) < 4.78 is 32.4. The van der Waals surface area contributed by atoms with Crippen LogP contribution in [0.4, 0.5) is 8.78 Å². The zero-order valence-electron chi connectivity index (χ0n) is 9.03. The van der Waals surface area contributed by atoms with E-state index in [-0.39, 0.29) is 12.2 Å². The minimum atomic E-state index is -2.85. The molecule has 1 aromatic carbocycles. The van der Waals surface area contributed by atoms with Crippen molar-refractivity contribution >= 4 is 17.6 Å². The second-order valence-corrected chi connectivity index (χ2v) is 3.74. The monoisotopic (exact) mass is 264 g/mol. The van der Waals surface area contributed by atoms with Gasteiger partial charge in [-0.1, -0.05) is 12.1 Å². The van der Waals surface area contributed by atoms with Crippen molar-refractivity contribution in [3.05, 3.63) is 29.8 Å². The summed E-state index contributed by atoms with van der Waals surface area (Å²) in [6.45, 7) is -2.85. The summed E-state index contributed by atoms with van der Waals surface area (Å²) in [5.41, 5.74) is 0.733. The molecule has 0 aliphatic rings. The van der Waals surface area contributed by atoms with Crippen molar-refractivity contribution in [2.75, 3.05) is 7.11 Å². The van der Waals surface area contributed by atoms with E-state index < -0.39 is 18.0 Å². The van der Waals surface area contributed by atoms with Crippen molar-refractivity contribution in [1.29, 1.82) is 0 Å². The molecule has 0 radical (unpaired) electrons. The first kappa shape index (κ1) is 13.7. The van der Waals surface area contributed by atoms with Crippen molar-refractivity contribution in [2.24, 2.45) is 0 Å². The Labute approximate surface area is 102 Å². The van der Waals surface area contributed by atoms with Crippen LogP contribution in [0.1, 0.15) is 5.56 Å². The zero-order chi connectivity index (χ0) is 12.8. The van der Waals surface area contributed by atoms with Crippen LogP contribution in [0.2, 0.25) is 0 Å². The number of hydrogen-bond donors (Lipinski definition) is 0. The number of benzene rings is 1. The van der Waals surface area contributed by atoms with Gasteiger partial charge in [-0.3, -0.25) is 4.79 Å². The summed E-state index contributed by atoms with van der Waals surface area (Å²) in [4.78, 5) is 11.1. The maximum atomic E-state index is 11.9. The number of carbonyl (C=O) groups excluding carboxylic acids is 1. The highest BCUT2D eigenvalue weighted by molar-refractivity contribution is 6.30. The number of rotatable bonds is 5. The molecule has 0 fully saturated rings. The minimum absolute atomic E-state index is 0.0629. The van der Waals surface area contributed by atoms with Crippen LogP contribution >= 0.6 is 11.6 Å². The summed E-state index contributed by atoms with van der Waals surface area (Å²) in [5, 5.41) is -0.790. The summed E-state index contributed by atoms with van der Waals surface area (Å²) >= 11 is 5.76. The third-order valence-electron chi connectivity index (χ3n) is 2.02. The van der Waals surface area contributed by atoms with E-state index in [1.54, 1.807) is 12.1 Å². The second-order valence-electron chi connectivity index (χ2n) is 3.22. The first-order valence-electron chi connectivity index (χ1n) is 4.78. The highest BCUT2D eigenvalue weighted by Gasteiger charge is 2.16. The molecule has 1 rings (SSSR count). The molecule has 0 bridgehead atoms. The average Bonchev–Trinajstić information content (AvgIpc) is 2.30. The normalized spacial score (nSPS) is 12.3. The molecule has 0 heterocycles. The van der Waals surface area contributed by atoms with Crippen LogP contribution in [0.15, 0.2) is 24.3 Å². The van der Waals surface area contributed by atoms with Crippen LogP contribution in [0.5, 0.6) is 5.75 Å². The van der Waals surface area contributed by atoms with Gasteiger partial charge < -0.3 is 9.47 Å². The Bertz CT molecular complexity index is 367. The molecular formula is C11H11ClF2O3. The summed E-state index contributed by atoms with van der Waals surface area (Å²) in [7, 11) is 1.25. The van der Waals surface area contributed by atoms with Crippen molar-refractivity contribution in [3.63, 3.8) is 0 Å². The lowest BCUT2D eigenvalue weighted by Gasteiger charge is -2.08. The Morgan fingerprint density at radius 3 is 2.41 bits per heavy atom. The molecule has 0 saturated carbocycles. The van der Waals surface area contributed by atoms with Crippen LogP contribution in [-0.2, 0) is 16.0 Å². The molecule has 0 aromatic heterocycles. The Hall–Kier alpha value is -1.36. The fourth-order valence-corrected chi connectivity index (χ4v) is 1.49. The predicted octanol–water partition coefficient (Wildman–Crippen LogP) is 2.61. The molecule has 0 amide bonds. The van der Waals surface area contributed by atoms with Gasteiger partial charge in [-0.05, 0) is 24.1 Å². The molecule has 0 aliphatic carbocycles. The maximum absolute atomic E-state index is 11.9. The number of halogens is 3. The number of hydrogen-bond acceptors (Lipinski definition) is 3. The highest BCUT2D eigenvalue weighted by atomic mass is 35.5. The lowest BCUT2D eigenvalue weighted by Crippen LogP contribution is -2.18. The van der Waals surface area contributed by atoms with E-state index in [9.17, 15) is 13.6 Å². The van der Waals surface area contributed by atoms with Gasteiger partial charge in [-0.15, -0.1) is 11.6 Å². The van der Waals surface area contributed by atoms with E-state index in [1.165, 1.54) is 19.2 Å². The summed E-state index contributed by atoms with van der Waals surface area (Å²) in [6, 6.07) is 5.91. The largest absolute Gasteiger partial charge is 0.468 e. The SMILES string of the molecule is COC(=O)C(Cl)Cc1ccc(OC(F)F)cc1. The molecule has 3 nitrogen and oxygen atoms in total.